The SMILES string of the molecule is COc1ccc(C)cc1C(=O)NC/C=C/CCl. The number of alkyl halides is 1. The number of nitrogens with one attached hydrogen (secondary N) is 1. The van der Waals surface area contributed by atoms with Crippen LogP contribution in [0.5, 0.6) is 5.75 Å². The Morgan fingerprint density at radius 3 is 2.88 bits per heavy atom. The number of rotatable bonds is 5. The van der Waals surface area contributed by atoms with Gasteiger partial charge in [-0.1, -0.05) is 23.8 Å². The molecule has 1 aromatic carbocycles. The van der Waals surface area contributed by atoms with E-state index in [1.807, 2.05) is 19.1 Å². The van der Waals surface area contributed by atoms with Gasteiger partial charge in [-0.25, -0.2) is 0 Å². The second-order valence-corrected chi connectivity index (χ2v) is 3.85. The number of ether oxygens (including phenoxy) is 1. The smallest absolute Gasteiger partial charge is 0.255 e. The average molecular weight is 254 g/mol. The van der Waals surface area contributed by atoms with Gasteiger partial charge in [-0.3, -0.25) is 4.79 Å². The van der Waals surface area contributed by atoms with Gasteiger partial charge >= 0.3 is 0 Å². The highest BCUT2D eigenvalue weighted by atomic mass is 35.5. The van der Waals surface area contributed by atoms with Crippen molar-refractivity contribution in [1.29, 1.82) is 0 Å². The fraction of sp³-hybridized carbons (Fsp3) is 0.308. The van der Waals surface area contributed by atoms with Crippen molar-refractivity contribution in [3.63, 3.8) is 0 Å². The van der Waals surface area contributed by atoms with Gasteiger partial charge in [-0.05, 0) is 19.1 Å². The molecule has 1 amide bonds. The van der Waals surface area contributed by atoms with Crippen LogP contribution in [0.4, 0.5) is 0 Å². The lowest BCUT2D eigenvalue weighted by Gasteiger charge is -2.09. The number of carbonyl (C=O) groups excluding carboxylic acids is 1. The van der Waals surface area contributed by atoms with E-state index in [9.17, 15) is 4.79 Å². The van der Waals surface area contributed by atoms with Crippen molar-refractivity contribution in [3.8, 4) is 5.75 Å². The first-order valence-electron chi connectivity index (χ1n) is 5.33. The van der Waals surface area contributed by atoms with Crippen LogP contribution in [-0.4, -0.2) is 25.4 Å². The molecular formula is C13H16ClNO2. The Labute approximate surface area is 106 Å². The van der Waals surface area contributed by atoms with E-state index in [2.05, 4.69) is 5.32 Å². The van der Waals surface area contributed by atoms with Crippen LogP contribution in [0, 0.1) is 6.92 Å². The monoisotopic (exact) mass is 253 g/mol. The van der Waals surface area contributed by atoms with Crippen LogP contribution in [0.1, 0.15) is 15.9 Å². The number of allylic oxidation sites excluding steroid dienone is 1. The van der Waals surface area contributed by atoms with Crippen LogP contribution < -0.4 is 10.1 Å². The zero-order valence-electron chi connectivity index (χ0n) is 10.00. The molecule has 0 fully saturated rings. The minimum atomic E-state index is -0.148. The van der Waals surface area contributed by atoms with Crippen molar-refractivity contribution in [2.75, 3.05) is 19.5 Å². The Hall–Kier alpha value is -1.48. The summed E-state index contributed by atoms with van der Waals surface area (Å²) in [7, 11) is 1.55. The molecule has 1 rings (SSSR count). The summed E-state index contributed by atoms with van der Waals surface area (Å²) < 4.78 is 5.15. The molecule has 4 heteroatoms. The molecule has 0 aliphatic rings. The number of hydrogen-bond donors (Lipinski definition) is 1. The maximum atomic E-state index is 11.9. The molecule has 0 spiro atoms. The van der Waals surface area contributed by atoms with Gasteiger partial charge in [0, 0.05) is 12.4 Å². The molecule has 1 N–H and O–H groups in total. The average Bonchev–Trinajstić information content (AvgIpc) is 2.34. The van der Waals surface area contributed by atoms with E-state index in [0.717, 1.165) is 5.56 Å². The zero-order chi connectivity index (χ0) is 12.7. The Kier molecular flexibility index (Phi) is 5.57. The van der Waals surface area contributed by atoms with Crippen LogP contribution in [0.3, 0.4) is 0 Å². The molecule has 0 heterocycles. The third kappa shape index (κ3) is 4.11. The number of methoxy groups -OCH3 is 1. The predicted molar refractivity (Wildman–Crippen MR) is 69.9 cm³/mol. The van der Waals surface area contributed by atoms with E-state index in [1.54, 1.807) is 25.3 Å². The van der Waals surface area contributed by atoms with Gasteiger partial charge < -0.3 is 10.1 Å². The lowest BCUT2D eigenvalue weighted by Crippen LogP contribution is -2.24. The standard InChI is InChI=1S/C13H16ClNO2/c1-10-5-6-12(17-2)11(9-10)13(16)15-8-4-3-7-14/h3-6,9H,7-8H2,1-2H3,(H,15,16)/b4-3+. The molecule has 0 saturated carbocycles. The zero-order valence-corrected chi connectivity index (χ0v) is 10.8. The maximum absolute atomic E-state index is 11.9. The predicted octanol–water partition coefficient (Wildman–Crippen LogP) is 2.53. The van der Waals surface area contributed by atoms with E-state index < -0.39 is 0 Å². The minimum absolute atomic E-state index is 0.148. The molecule has 17 heavy (non-hydrogen) atoms. The van der Waals surface area contributed by atoms with Gasteiger partial charge in [0.2, 0.25) is 0 Å². The Morgan fingerprint density at radius 1 is 1.47 bits per heavy atom. The van der Waals surface area contributed by atoms with Crippen LogP contribution in [-0.2, 0) is 0 Å². The molecule has 0 bridgehead atoms. The topological polar surface area (TPSA) is 38.3 Å². The fourth-order valence-corrected chi connectivity index (χ4v) is 1.52. The molecular weight excluding hydrogens is 238 g/mol. The van der Waals surface area contributed by atoms with E-state index in [1.165, 1.54) is 0 Å². The van der Waals surface area contributed by atoms with E-state index >= 15 is 0 Å². The first-order chi connectivity index (χ1) is 8.19. The molecule has 0 saturated heterocycles. The molecule has 0 aliphatic carbocycles. The molecule has 92 valence electrons. The lowest BCUT2D eigenvalue weighted by atomic mass is 10.1. The third-order valence-corrected chi connectivity index (χ3v) is 2.41. The van der Waals surface area contributed by atoms with Gasteiger partial charge in [-0.2, -0.15) is 0 Å². The summed E-state index contributed by atoms with van der Waals surface area (Å²) in [6.45, 7) is 2.40. The molecule has 0 unspecified atom stereocenters. The Morgan fingerprint density at radius 2 is 2.24 bits per heavy atom. The summed E-state index contributed by atoms with van der Waals surface area (Å²) in [5.41, 5.74) is 1.57. The lowest BCUT2D eigenvalue weighted by molar-refractivity contribution is 0.0955. The summed E-state index contributed by atoms with van der Waals surface area (Å²) >= 11 is 5.48. The number of hydrogen-bond acceptors (Lipinski definition) is 2. The quantitative estimate of drug-likeness (QED) is 0.647. The number of amides is 1. The van der Waals surface area contributed by atoms with Crippen molar-refractivity contribution in [1.82, 2.24) is 5.32 Å². The first kappa shape index (κ1) is 13.6. The third-order valence-electron chi connectivity index (χ3n) is 2.24. The van der Waals surface area contributed by atoms with Crippen LogP contribution in [0.25, 0.3) is 0 Å². The number of benzene rings is 1. The van der Waals surface area contributed by atoms with Crippen molar-refractivity contribution in [2.24, 2.45) is 0 Å². The minimum Gasteiger partial charge on any atom is -0.496 e. The second-order valence-electron chi connectivity index (χ2n) is 3.54. The number of aryl methyl sites for hydroxylation is 1. The van der Waals surface area contributed by atoms with Gasteiger partial charge in [-0.15, -0.1) is 11.6 Å². The van der Waals surface area contributed by atoms with Crippen LogP contribution in [0.15, 0.2) is 30.4 Å². The summed E-state index contributed by atoms with van der Waals surface area (Å²) in [6.07, 6.45) is 3.60. The fourth-order valence-electron chi connectivity index (χ4n) is 1.39. The van der Waals surface area contributed by atoms with Gasteiger partial charge in [0.25, 0.3) is 5.91 Å². The Balaban J connectivity index is 2.73. The Bertz CT molecular complexity index is 416. The van der Waals surface area contributed by atoms with Crippen molar-refractivity contribution in [2.45, 2.75) is 6.92 Å². The first-order valence-corrected chi connectivity index (χ1v) is 5.86. The summed E-state index contributed by atoms with van der Waals surface area (Å²) in [5.74, 6) is 0.878. The highest BCUT2D eigenvalue weighted by molar-refractivity contribution is 6.18. The molecule has 0 aromatic heterocycles. The number of carbonyl (C=O) groups is 1. The summed E-state index contributed by atoms with van der Waals surface area (Å²) in [6, 6.07) is 5.50. The summed E-state index contributed by atoms with van der Waals surface area (Å²) in [5, 5.41) is 2.77. The van der Waals surface area contributed by atoms with Crippen LogP contribution in [0.2, 0.25) is 0 Å². The summed E-state index contributed by atoms with van der Waals surface area (Å²) in [4.78, 5) is 11.9. The normalized spacial score (nSPS) is 10.5. The van der Waals surface area contributed by atoms with Crippen molar-refractivity contribution >= 4 is 17.5 Å². The number of halogens is 1. The largest absolute Gasteiger partial charge is 0.496 e. The molecule has 0 radical (unpaired) electrons. The van der Waals surface area contributed by atoms with Crippen LogP contribution >= 0.6 is 11.6 Å². The highest BCUT2D eigenvalue weighted by Crippen LogP contribution is 2.19. The van der Waals surface area contributed by atoms with E-state index in [-0.39, 0.29) is 5.91 Å². The highest BCUT2D eigenvalue weighted by Gasteiger charge is 2.10. The molecule has 0 aliphatic heterocycles. The molecule has 3 nitrogen and oxygen atoms in total. The van der Waals surface area contributed by atoms with Gasteiger partial charge in [0.1, 0.15) is 5.75 Å². The van der Waals surface area contributed by atoms with Gasteiger partial charge in [0.05, 0.1) is 12.7 Å². The second kappa shape index (κ2) is 6.97. The molecule has 0 atom stereocenters. The van der Waals surface area contributed by atoms with Crippen molar-refractivity contribution in [3.05, 3.63) is 41.5 Å². The van der Waals surface area contributed by atoms with E-state index in [0.29, 0.717) is 23.7 Å². The van der Waals surface area contributed by atoms with E-state index in [4.69, 9.17) is 16.3 Å². The maximum Gasteiger partial charge on any atom is 0.255 e. The van der Waals surface area contributed by atoms with Gasteiger partial charge in [0.15, 0.2) is 0 Å². The molecule has 1 aromatic rings. The van der Waals surface area contributed by atoms with Crippen molar-refractivity contribution < 1.29 is 9.53 Å².